The molecule has 0 bridgehead atoms. The Morgan fingerprint density at radius 2 is 1.00 bits per heavy atom. The van der Waals surface area contributed by atoms with Crippen LogP contribution < -0.4 is 20.9 Å². The van der Waals surface area contributed by atoms with Gasteiger partial charge in [-0.15, -0.1) is 26.3 Å². The maximum atomic E-state index is 12.0. The molecule has 102 valence electrons. The number of rotatable bonds is 2. The van der Waals surface area contributed by atoms with E-state index in [-0.39, 0.29) is 0 Å². The van der Waals surface area contributed by atoms with Crippen molar-refractivity contribution < 1.29 is 35.8 Å². The van der Waals surface area contributed by atoms with E-state index in [1.807, 2.05) is 0 Å². The first-order chi connectivity index (χ1) is 7.99. The number of alkyl halides is 6. The maximum absolute atomic E-state index is 12.0. The second-order valence-corrected chi connectivity index (χ2v) is 3.00. The van der Waals surface area contributed by atoms with Crippen LogP contribution in [0.25, 0.3) is 0 Å². The second kappa shape index (κ2) is 4.35. The Kier molecular flexibility index (Phi) is 3.40. The molecule has 0 aliphatic rings. The monoisotopic (exact) mass is 276 g/mol. The zero-order chi connectivity index (χ0) is 14.1. The van der Waals surface area contributed by atoms with Crippen LogP contribution in [-0.2, 0) is 0 Å². The molecule has 0 amide bonds. The molecule has 0 heterocycles. The fraction of sp³-hybridized carbons (Fsp3) is 0.250. The molecule has 0 fully saturated rings. The number of hydrogen-bond acceptors (Lipinski definition) is 4. The van der Waals surface area contributed by atoms with E-state index in [0.29, 0.717) is 0 Å². The zero-order valence-electron chi connectivity index (χ0n) is 8.39. The number of halogens is 6. The van der Waals surface area contributed by atoms with E-state index in [4.69, 9.17) is 11.5 Å². The minimum absolute atomic E-state index is 0.694. The van der Waals surface area contributed by atoms with Gasteiger partial charge in [0, 0.05) is 0 Å². The van der Waals surface area contributed by atoms with Gasteiger partial charge in [0.1, 0.15) is 0 Å². The standard InChI is InChI=1S/C8H6F6N2O2/c9-7(10,11)17-5-3(15)1-2-4(16)6(5)18-8(12,13)14/h1-2H,15-16H2. The first-order valence-electron chi connectivity index (χ1n) is 4.19. The molecule has 0 atom stereocenters. The first kappa shape index (κ1) is 14.1. The van der Waals surface area contributed by atoms with E-state index in [0.717, 1.165) is 12.1 Å². The summed E-state index contributed by atoms with van der Waals surface area (Å²) >= 11 is 0. The number of nitrogens with two attached hydrogens (primary N) is 2. The molecule has 0 unspecified atom stereocenters. The van der Waals surface area contributed by atoms with Gasteiger partial charge < -0.3 is 20.9 Å². The summed E-state index contributed by atoms with van der Waals surface area (Å²) in [6, 6.07) is 1.72. The Hall–Kier alpha value is -2.00. The summed E-state index contributed by atoms with van der Waals surface area (Å²) in [6.45, 7) is 0. The van der Waals surface area contributed by atoms with Gasteiger partial charge in [-0.1, -0.05) is 0 Å². The van der Waals surface area contributed by atoms with Crippen LogP contribution in [0.4, 0.5) is 37.7 Å². The molecule has 10 heteroatoms. The van der Waals surface area contributed by atoms with Crippen LogP contribution in [0.1, 0.15) is 0 Å². The van der Waals surface area contributed by atoms with Gasteiger partial charge in [-0.05, 0) is 12.1 Å². The number of benzene rings is 1. The molecule has 1 rings (SSSR count). The Morgan fingerprint density at radius 3 is 1.22 bits per heavy atom. The molecule has 18 heavy (non-hydrogen) atoms. The number of anilines is 2. The van der Waals surface area contributed by atoms with Gasteiger partial charge in [0.05, 0.1) is 11.4 Å². The molecule has 4 nitrogen and oxygen atoms in total. The van der Waals surface area contributed by atoms with E-state index in [1.165, 1.54) is 0 Å². The van der Waals surface area contributed by atoms with Gasteiger partial charge >= 0.3 is 12.7 Å². The lowest BCUT2D eigenvalue weighted by Crippen LogP contribution is -2.22. The second-order valence-electron chi connectivity index (χ2n) is 3.00. The molecule has 0 saturated carbocycles. The summed E-state index contributed by atoms with van der Waals surface area (Å²) in [4.78, 5) is 0. The van der Waals surface area contributed by atoms with E-state index in [2.05, 4.69) is 9.47 Å². The molecule has 0 spiro atoms. The molecule has 4 N–H and O–H groups in total. The molecular weight excluding hydrogens is 270 g/mol. The molecule has 0 aliphatic carbocycles. The summed E-state index contributed by atoms with van der Waals surface area (Å²) in [7, 11) is 0. The Morgan fingerprint density at radius 1 is 0.722 bits per heavy atom. The quantitative estimate of drug-likeness (QED) is 0.643. The zero-order valence-corrected chi connectivity index (χ0v) is 8.39. The topological polar surface area (TPSA) is 70.5 Å². The first-order valence-corrected chi connectivity index (χ1v) is 4.19. The normalized spacial score (nSPS) is 12.3. The van der Waals surface area contributed by atoms with Crippen LogP contribution >= 0.6 is 0 Å². The number of nitrogen functional groups attached to an aromatic ring is 2. The summed E-state index contributed by atoms with van der Waals surface area (Å²) < 4.78 is 78.8. The number of hydrogen-bond donors (Lipinski definition) is 2. The van der Waals surface area contributed by atoms with Crippen molar-refractivity contribution in [1.82, 2.24) is 0 Å². The molecule has 0 radical (unpaired) electrons. The average molecular weight is 276 g/mol. The third-order valence-corrected chi connectivity index (χ3v) is 1.61. The van der Waals surface area contributed by atoms with E-state index >= 15 is 0 Å². The third-order valence-electron chi connectivity index (χ3n) is 1.61. The van der Waals surface area contributed by atoms with Gasteiger partial charge in [-0.3, -0.25) is 0 Å². The minimum Gasteiger partial charge on any atom is -0.399 e. The van der Waals surface area contributed by atoms with Crippen molar-refractivity contribution in [3.63, 3.8) is 0 Å². The minimum atomic E-state index is -5.23. The van der Waals surface area contributed by atoms with Crippen molar-refractivity contribution in [3.8, 4) is 11.5 Å². The molecule has 1 aromatic carbocycles. The highest BCUT2D eigenvalue weighted by Crippen LogP contribution is 2.43. The predicted octanol–water partition coefficient (Wildman–Crippen LogP) is 2.65. The lowest BCUT2D eigenvalue weighted by Gasteiger charge is -2.18. The van der Waals surface area contributed by atoms with Crippen LogP contribution in [0.5, 0.6) is 11.5 Å². The van der Waals surface area contributed by atoms with Crippen LogP contribution in [0.15, 0.2) is 12.1 Å². The molecule has 0 saturated heterocycles. The van der Waals surface area contributed by atoms with Crippen molar-refractivity contribution in [2.75, 3.05) is 11.5 Å². The van der Waals surface area contributed by atoms with Crippen molar-refractivity contribution in [3.05, 3.63) is 12.1 Å². The maximum Gasteiger partial charge on any atom is 0.573 e. The predicted molar refractivity (Wildman–Crippen MR) is 48.6 cm³/mol. The van der Waals surface area contributed by atoms with Crippen molar-refractivity contribution in [2.24, 2.45) is 0 Å². The van der Waals surface area contributed by atoms with Crippen molar-refractivity contribution >= 4 is 11.4 Å². The fourth-order valence-corrected chi connectivity index (χ4v) is 1.04. The van der Waals surface area contributed by atoms with Crippen molar-refractivity contribution in [2.45, 2.75) is 12.7 Å². The van der Waals surface area contributed by atoms with E-state index < -0.39 is 35.6 Å². The third kappa shape index (κ3) is 3.79. The summed E-state index contributed by atoms with van der Waals surface area (Å²) in [5.74, 6) is -2.67. The molecule has 0 aromatic heterocycles. The largest absolute Gasteiger partial charge is 0.573 e. The fourth-order valence-electron chi connectivity index (χ4n) is 1.04. The highest BCUT2D eigenvalue weighted by atomic mass is 19.4. The summed E-state index contributed by atoms with van der Waals surface area (Å²) in [6.07, 6.45) is -10.5. The van der Waals surface area contributed by atoms with Crippen LogP contribution in [0, 0.1) is 0 Å². The summed E-state index contributed by atoms with van der Waals surface area (Å²) in [5.41, 5.74) is 8.79. The summed E-state index contributed by atoms with van der Waals surface area (Å²) in [5, 5.41) is 0. The van der Waals surface area contributed by atoms with Crippen LogP contribution in [0.2, 0.25) is 0 Å². The molecule has 1 aromatic rings. The highest BCUT2D eigenvalue weighted by Gasteiger charge is 2.38. The number of ether oxygens (including phenoxy) is 2. The average Bonchev–Trinajstić information content (AvgIpc) is 2.14. The van der Waals surface area contributed by atoms with Gasteiger partial charge in [0.2, 0.25) is 0 Å². The van der Waals surface area contributed by atoms with Crippen LogP contribution in [0.3, 0.4) is 0 Å². The Labute approximate surface area is 96.1 Å². The Bertz CT molecular complexity index is 401. The van der Waals surface area contributed by atoms with Gasteiger partial charge in [0.25, 0.3) is 0 Å². The SMILES string of the molecule is Nc1ccc(N)c(OC(F)(F)F)c1OC(F)(F)F. The van der Waals surface area contributed by atoms with Crippen LogP contribution in [-0.4, -0.2) is 12.7 Å². The van der Waals surface area contributed by atoms with E-state index in [9.17, 15) is 26.3 Å². The van der Waals surface area contributed by atoms with Crippen molar-refractivity contribution in [1.29, 1.82) is 0 Å². The highest BCUT2D eigenvalue weighted by molar-refractivity contribution is 5.70. The molecule has 0 aliphatic heterocycles. The smallest absolute Gasteiger partial charge is 0.399 e. The Balaban J connectivity index is 3.25. The molecular formula is C8H6F6N2O2. The lowest BCUT2D eigenvalue weighted by molar-refractivity contribution is -0.286. The van der Waals surface area contributed by atoms with E-state index in [1.54, 1.807) is 0 Å². The van der Waals surface area contributed by atoms with Gasteiger partial charge in [-0.2, -0.15) is 0 Å². The lowest BCUT2D eigenvalue weighted by atomic mass is 10.2. The van der Waals surface area contributed by atoms with Gasteiger partial charge in [-0.25, -0.2) is 0 Å². The van der Waals surface area contributed by atoms with Gasteiger partial charge in [0.15, 0.2) is 11.5 Å².